The van der Waals surface area contributed by atoms with E-state index >= 15 is 0 Å². The number of hydrogen-bond donors (Lipinski definition) is 1. The Kier molecular flexibility index (Phi) is 6.80. The van der Waals surface area contributed by atoms with Crippen LogP contribution in [0, 0.1) is 0 Å². The third kappa shape index (κ3) is 4.26. The molecule has 1 N–H and O–H groups in total. The van der Waals surface area contributed by atoms with E-state index in [9.17, 15) is 13.5 Å². The molecule has 1 aromatic carbocycles. The maximum absolute atomic E-state index is 12.7. The number of benzene rings is 1. The molecular weight excluding hydrogens is 290 g/mol. The number of aliphatic hydroxyl groups is 1. The zero-order valence-electron chi connectivity index (χ0n) is 13.2. The Morgan fingerprint density at radius 2 is 1.95 bits per heavy atom. The van der Waals surface area contributed by atoms with Gasteiger partial charge >= 0.3 is 0 Å². The van der Waals surface area contributed by atoms with Gasteiger partial charge in [0.2, 0.25) is 10.0 Å². The van der Waals surface area contributed by atoms with Crippen molar-refractivity contribution in [3.05, 3.63) is 29.3 Å². The van der Waals surface area contributed by atoms with Crippen molar-refractivity contribution in [1.82, 2.24) is 4.31 Å². The maximum Gasteiger partial charge on any atom is 0.243 e. The second-order valence-corrected chi connectivity index (χ2v) is 7.04. The standard InChI is InChI=1S/C15H25NO4S/c1-5-13-6-7-15(10-14(13)11-17)21(18,19)16(12(2)3)8-9-20-4/h6-7,10,12,17H,5,8-9,11H2,1-4H3. The Balaban J connectivity index is 3.21. The van der Waals surface area contributed by atoms with Crippen LogP contribution < -0.4 is 0 Å². The Hall–Kier alpha value is -0.950. The van der Waals surface area contributed by atoms with Crippen molar-refractivity contribution in [1.29, 1.82) is 0 Å². The second-order valence-electron chi connectivity index (χ2n) is 5.14. The molecule has 0 heterocycles. The summed E-state index contributed by atoms with van der Waals surface area (Å²) in [5, 5.41) is 9.40. The topological polar surface area (TPSA) is 66.8 Å². The zero-order valence-corrected chi connectivity index (χ0v) is 14.0. The first-order valence-electron chi connectivity index (χ1n) is 7.11. The highest BCUT2D eigenvalue weighted by Gasteiger charge is 2.27. The highest BCUT2D eigenvalue weighted by atomic mass is 32.2. The normalized spacial score (nSPS) is 12.3. The largest absolute Gasteiger partial charge is 0.392 e. The SMILES string of the molecule is CCc1ccc(S(=O)(=O)N(CCOC)C(C)C)cc1CO. The molecule has 0 unspecified atom stereocenters. The van der Waals surface area contributed by atoms with Crippen molar-refractivity contribution in [2.45, 2.75) is 44.7 Å². The van der Waals surface area contributed by atoms with E-state index in [-0.39, 0.29) is 17.5 Å². The number of rotatable bonds is 8. The van der Waals surface area contributed by atoms with Crippen molar-refractivity contribution in [3.8, 4) is 0 Å². The summed E-state index contributed by atoms with van der Waals surface area (Å²) >= 11 is 0. The van der Waals surface area contributed by atoms with Gasteiger partial charge in [0.1, 0.15) is 0 Å². The molecule has 120 valence electrons. The van der Waals surface area contributed by atoms with E-state index in [1.165, 1.54) is 4.31 Å². The van der Waals surface area contributed by atoms with Crippen LogP contribution in [-0.4, -0.2) is 44.1 Å². The van der Waals surface area contributed by atoms with Crippen LogP contribution in [-0.2, 0) is 27.8 Å². The molecule has 0 aromatic heterocycles. The van der Waals surface area contributed by atoms with Gasteiger partial charge in [-0.25, -0.2) is 8.42 Å². The van der Waals surface area contributed by atoms with Crippen molar-refractivity contribution in [2.24, 2.45) is 0 Å². The summed E-state index contributed by atoms with van der Waals surface area (Å²) < 4.78 is 31.9. The molecule has 0 saturated carbocycles. The number of ether oxygens (including phenoxy) is 1. The van der Waals surface area contributed by atoms with E-state index in [0.717, 1.165) is 12.0 Å². The minimum Gasteiger partial charge on any atom is -0.392 e. The quantitative estimate of drug-likeness (QED) is 0.794. The maximum atomic E-state index is 12.7. The van der Waals surface area contributed by atoms with E-state index in [1.807, 2.05) is 20.8 Å². The van der Waals surface area contributed by atoms with Gasteiger partial charge in [-0.3, -0.25) is 0 Å². The van der Waals surface area contributed by atoms with Crippen molar-refractivity contribution >= 4 is 10.0 Å². The second kappa shape index (κ2) is 7.89. The molecule has 0 amide bonds. The highest BCUT2D eigenvalue weighted by molar-refractivity contribution is 7.89. The average Bonchev–Trinajstić information content (AvgIpc) is 2.46. The lowest BCUT2D eigenvalue weighted by molar-refractivity contribution is 0.171. The van der Waals surface area contributed by atoms with Crippen LogP contribution in [0.2, 0.25) is 0 Å². The van der Waals surface area contributed by atoms with Crippen LogP contribution in [0.5, 0.6) is 0 Å². The smallest absolute Gasteiger partial charge is 0.243 e. The van der Waals surface area contributed by atoms with Crippen LogP contribution in [0.25, 0.3) is 0 Å². The summed E-state index contributed by atoms with van der Waals surface area (Å²) in [6.07, 6.45) is 0.758. The van der Waals surface area contributed by atoms with E-state index in [2.05, 4.69) is 0 Å². The van der Waals surface area contributed by atoms with Gasteiger partial charge in [0.15, 0.2) is 0 Å². The summed E-state index contributed by atoms with van der Waals surface area (Å²) in [7, 11) is -2.04. The first-order chi connectivity index (χ1) is 9.88. The number of nitrogens with zero attached hydrogens (tertiary/aromatic N) is 1. The summed E-state index contributed by atoms with van der Waals surface area (Å²) in [5.41, 5.74) is 1.62. The van der Waals surface area contributed by atoms with Gasteiger partial charge in [0.05, 0.1) is 18.1 Å². The van der Waals surface area contributed by atoms with Gasteiger partial charge < -0.3 is 9.84 Å². The fraction of sp³-hybridized carbons (Fsp3) is 0.600. The molecular formula is C15H25NO4S. The molecule has 1 rings (SSSR count). The number of methoxy groups -OCH3 is 1. The fourth-order valence-electron chi connectivity index (χ4n) is 2.23. The van der Waals surface area contributed by atoms with Gasteiger partial charge in [-0.15, -0.1) is 0 Å². The Morgan fingerprint density at radius 1 is 1.29 bits per heavy atom. The van der Waals surface area contributed by atoms with E-state index in [4.69, 9.17) is 4.74 Å². The fourth-order valence-corrected chi connectivity index (χ4v) is 3.90. The molecule has 0 aliphatic heterocycles. The number of hydrogen-bond acceptors (Lipinski definition) is 4. The Morgan fingerprint density at radius 3 is 2.43 bits per heavy atom. The van der Waals surface area contributed by atoms with Gasteiger partial charge in [0, 0.05) is 19.7 Å². The minimum absolute atomic E-state index is 0.159. The number of aryl methyl sites for hydroxylation is 1. The van der Waals surface area contributed by atoms with Gasteiger partial charge in [-0.2, -0.15) is 4.31 Å². The molecule has 0 saturated heterocycles. The zero-order chi connectivity index (χ0) is 16.0. The first-order valence-corrected chi connectivity index (χ1v) is 8.55. The van der Waals surface area contributed by atoms with Crippen molar-refractivity contribution < 1.29 is 18.3 Å². The minimum atomic E-state index is -3.59. The third-order valence-electron chi connectivity index (χ3n) is 3.43. The molecule has 21 heavy (non-hydrogen) atoms. The van der Waals surface area contributed by atoms with Gasteiger partial charge in [-0.1, -0.05) is 13.0 Å². The van der Waals surface area contributed by atoms with E-state index < -0.39 is 10.0 Å². The summed E-state index contributed by atoms with van der Waals surface area (Å²) in [4.78, 5) is 0.216. The number of sulfonamides is 1. The van der Waals surface area contributed by atoms with Crippen LogP contribution >= 0.6 is 0 Å². The molecule has 1 aromatic rings. The Bertz CT molecular complexity index is 555. The van der Waals surface area contributed by atoms with Crippen molar-refractivity contribution in [2.75, 3.05) is 20.3 Å². The molecule has 0 atom stereocenters. The third-order valence-corrected chi connectivity index (χ3v) is 5.50. The summed E-state index contributed by atoms with van der Waals surface area (Å²) in [5.74, 6) is 0. The molecule has 0 aliphatic carbocycles. The summed E-state index contributed by atoms with van der Waals surface area (Å²) in [6.45, 7) is 6.13. The molecule has 0 spiro atoms. The molecule has 0 radical (unpaired) electrons. The predicted octanol–water partition coefficient (Wildman–Crippen LogP) is 1.79. The molecule has 0 bridgehead atoms. The van der Waals surface area contributed by atoms with Gasteiger partial charge in [-0.05, 0) is 43.5 Å². The number of aliphatic hydroxyl groups excluding tert-OH is 1. The summed E-state index contributed by atoms with van der Waals surface area (Å²) in [6, 6.07) is 4.78. The van der Waals surface area contributed by atoms with Crippen molar-refractivity contribution in [3.63, 3.8) is 0 Å². The van der Waals surface area contributed by atoms with Gasteiger partial charge in [0.25, 0.3) is 0 Å². The predicted molar refractivity (Wildman–Crippen MR) is 82.6 cm³/mol. The lowest BCUT2D eigenvalue weighted by Gasteiger charge is -2.26. The van der Waals surface area contributed by atoms with E-state index in [1.54, 1.807) is 25.3 Å². The first kappa shape index (κ1) is 18.1. The highest BCUT2D eigenvalue weighted by Crippen LogP contribution is 2.22. The molecule has 0 aliphatic rings. The Labute approximate surface area is 127 Å². The lowest BCUT2D eigenvalue weighted by atomic mass is 10.1. The molecule has 6 heteroatoms. The monoisotopic (exact) mass is 315 g/mol. The average molecular weight is 315 g/mol. The van der Waals surface area contributed by atoms with Crippen LogP contribution in [0.3, 0.4) is 0 Å². The van der Waals surface area contributed by atoms with Crippen LogP contribution in [0.4, 0.5) is 0 Å². The van der Waals surface area contributed by atoms with E-state index in [0.29, 0.717) is 18.7 Å². The molecule has 0 fully saturated rings. The van der Waals surface area contributed by atoms with Crippen LogP contribution in [0.15, 0.2) is 23.1 Å². The molecule has 5 nitrogen and oxygen atoms in total. The lowest BCUT2D eigenvalue weighted by Crippen LogP contribution is -2.39. The van der Waals surface area contributed by atoms with Crippen LogP contribution in [0.1, 0.15) is 31.9 Å².